The van der Waals surface area contributed by atoms with Crippen LogP contribution in [0.3, 0.4) is 0 Å². The molecule has 0 radical (unpaired) electrons. The Labute approximate surface area is 133 Å². The molecule has 2 heterocycles. The van der Waals surface area contributed by atoms with Gasteiger partial charge in [0.15, 0.2) is 0 Å². The lowest BCUT2D eigenvalue weighted by atomic mass is 10.1. The van der Waals surface area contributed by atoms with Crippen molar-refractivity contribution in [3.05, 3.63) is 52.6 Å². The molecule has 0 saturated carbocycles. The van der Waals surface area contributed by atoms with Gasteiger partial charge in [0.05, 0.1) is 23.9 Å². The van der Waals surface area contributed by atoms with Crippen molar-refractivity contribution in [1.29, 1.82) is 0 Å². The minimum atomic E-state index is -1.09. The minimum absolute atomic E-state index is 0.0220. The van der Waals surface area contributed by atoms with Crippen molar-refractivity contribution in [3.8, 4) is 0 Å². The highest BCUT2D eigenvalue weighted by Crippen LogP contribution is 2.19. The number of pyridine rings is 1. The summed E-state index contributed by atoms with van der Waals surface area (Å²) in [7, 11) is 1.54. The van der Waals surface area contributed by atoms with Crippen LogP contribution < -0.4 is 5.32 Å². The first-order valence-corrected chi connectivity index (χ1v) is 7.08. The predicted octanol–water partition coefficient (Wildman–Crippen LogP) is 1.84. The van der Waals surface area contributed by atoms with Crippen LogP contribution in [-0.2, 0) is 4.74 Å². The molecule has 3 N–H and O–H groups in total. The van der Waals surface area contributed by atoms with Gasteiger partial charge in [0.2, 0.25) is 0 Å². The number of carbonyl (C=O) groups is 2. The third-order valence-electron chi connectivity index (χ3n) is 3.56. The number of hydrogen-bond donors (Lipinski definition) is 3. The number of amides is 1. The van der Waals surface area contributed by atoms with Crippen molar-refractivity contribution in [2.45, 2.75) is 19.9 Å². The van der Waals surface area contributed by atoms with Crippen LogP contribution in [0, 0.1) is 13.8 Å². The van der Waals surface area contributed by atoms with E-state index in [-0.39, 0.29) is 18.2 Å². The Hall–Kier alpha value is -2.67. The number of ether oxygens (including phenoxy) is 1. The number of rotatable bonds is 6. The highest BCUT2D eigenvalue weighted by molar-refractivity contribution is 6.01. The van der Waals surface area contributed by atoms with Gasteiger partial charge in [-0.25, -0.2) is 4.79 Å². The summed E-state index contributed by atoms with van der Waals surface area (Å²) >= 11 is 0. The average Bonchev–Trinajstić information content (AvgIpc) is 2.82. The van der Waals surface area contributed by atoms with Crippen LogP contribution >= 0.6 is 0 Å². The van der Waals surface area contributed by atoms with E-state index in [4.69, 9.17) is 9.84 Å². The van der Waals surface area contributed by atoms with Crippen molar-refractivity contribution in [3.63, 3.8) is 0 Å². The summed E-state index contributed by atoms with van der Waals surface area (Å²) in [6.07, 6.45) is 1.64. The van der Waals surface area contributed by atoms with Crippen molar-refractivity contribution < 1.29 is 19.4 Å². The summed E-state index contributed by atoms with van der Waals surface area (Å²) in [6.45, 7) is 3.53. The summed E-state index contributed by atoms with van der Waals surface area (Å²) in [5, 5.41) is 12.0. The summed E-state index contributed by atoms with van der Waals surface area (Å²) in [5.74, 6) is -1.46. The Balaban J connectivity index is 2.28. The van der Waals surface area contributed by atoms with Crippen LogP contribution in [0.15, 0.2) is 24.4 Å². The zero-order valence-electron chi connectivity index (χ0n) is 13.2. The molecule has 2 aromatic rings. The summed E-state index contributed by atoms with van der Waals surface area (Å²) in [5.41, 5.74) is 1.94. The molecular weight excluding hydrogens is 298 g/mol. The van der Waals surface area contributed by atoms with Crippen LogP contribution in [0.2, 0.25) is 0 Å². The standard InChI is InChI=1S/C16H19N3O4/c1-9-13(10(2)18-14(9)16(21)22)15(20)19-12(8-23-3)11-6-4-5-7-17-11/h4-7,12,18H,8H2,1-3H3,(H,19,20)(H,21,22). The van der Waals surface area contributed by atoms with E-state index in [1.54, 1.807) is 32.2 Å². The van der Waals surface area contributed by atoms with E-state index in [0.29, 0.717) is 22.5 Å². The van der Waals surface area contributed by atoms with Gasteiger partial charge in [-0.3, -0.25) is 9.78 Å². The minimum Gasteiger partial charge on any atom is -0.477 e. The largest absolute Gasteiger partial charge is 0.477 e. The van der Waals surface area contributed by atoms with Gasteiger partial charge in [-0.15, -0.1) is 0 Å². The van der Waals surface area contributed by atoms with E-state index >= 15 is 0 Å². The molecule has 2 aromatic heterocycles. The number of nitrogens with one attached hydrogen (secondary N) is 2. The van der Waals surface area contributed by atoms with E-state index in [9.17, 15) is 9.59 Å². The predicted molar refractivity (Wildman–Crippen MR) is 83.5 cm³/mol. The number of aromatic amines is 1. The van der Waals surface area contributed by atoms with Gasteiger partial charge in [0.25, 0.3) is 5.91 Å². The first-order valence-electron chi connectivity index (χ1n) is 7.08. The lowest BCUT2D eigenvalue weighted by molar-refractivity contribution is 0.0690. The fourth-order valence-corrected chi connectivity index (χ4v) is 2.48. The van der Waals surface area contributed by atoms with Gasteiger partial charge >= 0.3 is 5.97 Å². The molecular formula is C16H19N3O4. The second-order valence-corrected chi connectivity index (χ2v) is 5.17. The maximum atomic E-state index is 12.6. The molecule has 1 unspecified atom stereocenters. The summed E-state index contributed by atoms with van der Waals surface area (Å²) in [6, 6.07) is 4.99. The third kappa shape index (κ3) is 3.57. The van der Waals surface area contributed by atoms with Gasteiger partial charge in [0, 0.05) is 19.0 Å². The van der Waals surface area contributed by atoms with E-state index in [0.717, 1.165) is 0 Å². The molecule has 0 aromatic carbocycles. The van der Waals surface area contributed by atoms with Gasteiger partial charge in [0.1, 0.15) is 5.69 Å². The first kappa shape index (κ1) is 16.7. The van der Waals surface area contributed by atoms with Gasteiger partial charge < -0.3 is 20.1 Å². The molecule has 0 saturated heterocycles. The van der Waals surface area contributed by atoms with Gasteiger partial charge in [-0.05, 0) is 31.5 Å². The summed E-state index contributed by atoms with van der Waals surface area (Å²) < 4.78 is 5.14. The molecule has 2 rings (SSSR count). The molecule has 122 valence electrons. The third-order valence-corrected chi connectivity index (χ3v) is 3.56. The number of aromatic carboxylic acids is 1. The van der Waals surface area contributed by atoms with E-state index in [1.807, 2.05) is 6.07 Å². The van der Waals surface area contributed by atoms with Crippen molar-refractivity contribution in [2.75, 3.05) is 13.7 Å². The molecule has 23 heavy (non-hydrogen) atoms. The number of aromatic nitrogens is 2. The lowest BCUT2D eigenvalue weighted by Crippen LogP contribution is -2.32. The number of carboxylic acid groups (broad SMARTS) is 1. The highest BCUT2D eigenvalue weighted by atomic mass is 16.5. The molecule has 0 fully saturated rings. The number of carbonyl (C=O) groups excluding carboxylic acids is 1. The molecule has 0 aliphatic carbocycles. The number of H-pyrrole nitrogens is 1. The Morgan fingerprint density at radius 2 is 2.13 bits per heavy atom. The Bertz CT molecular complexity index is 710. The number of methoxy groups -OCH3 is 1. The normalized spacial score (nSPS) is 12.0. The molecule has 7 heteroatoms. The number of carboxylic acids is 1. The maximum absolute atomic E-state index is 12.6. The molecule has 0 bridgehead atoms. The van der Waals surface area contributed by atoms with Crippen LogP contribution in [0.1, 0.15) is 43.8 Å². The van der Waals surface area contributed by atoms with Crippen molar-refractivity contribution in [1.82, 2.24) is 15.3 Å². The van der Waals surface area contributed by atoms with Crippen LogP contribution in [0.5, 0.6) is 0 Å². The number of hydrogen-bond acceptors (Lipinski definition) is 4. The zero-order valence-corrected chi connectivity index (χ0v) is 13.2. The summed E-state index contributed by atoms with van der Waals surface area (Å²) in [4.78, 5) is 30.7. The number of nitrogens with zero attached hydrogens (tertiary/aromatic N) is 1. The Morgan fingerprint density at radius 1 is 1.39 bits per heavy atom. The molecule has 7 nitrogen and oxygen atoms in total. The van der Waals surface area contributed by atoms with Gasteiger partial charge in [-0.2, -0.15) is 0 Å². The van der Waals surface area contributed by atoms with Crippen molar-refractivity contribution >= 4 is 11.9 Å². The van der Waals surface area contributed by atoms with E-state index in [2.05, 4.69) is 15.3 Å². The average molecular weight is 317 g/mol. The molecule has 0 aliphatic rings. The fraction of sp³-hybridized carbons (Fsp3) is 0.312. The smallest absolute Gasteiger partial charge is 0.352 e. The number of aryl methyl sites for hydroxylation is 1. The van der Waals surface area contributed by atoms with Crippen LogP contribution in [-0.4, -0.2) is 40.7 Å². The second kappa shape index (κ2) is 7.06. The quantitative estimate of drug-likeness (QED) is 0.754. The van der Waals surface area contributed by atoms with E-state index < -0.39 is 12.0 Å². The van der Waals surface area contributed by atoms with Crippen LogP contribution in [0.4, 0.5) is 0 Å². The van der Waals surface area contributed by atoms with Gasteiger partial charge in [-0.1, -0.05) is 6.07 Å². The topological polar surface area (TPSA) is 104 Å². The molecule has 1 amide bonds. The molecule has 0 spiro atoms. The van der Waals surface area contributed by atoms with E-state index in [1.165, 1.54) is 7.11 Å². The SMILES string of the molecule is COCC(NC(=O)c1c(C)[nH]c(C(=O)O)c1C)c1ccccn1. The monoisotopic (exact) mass is 317 g/mol. The van der Waals surface area contributed by atoms with Crippen molar-refractivity contribution in [2.24, 2.45) is 0 Å². The Morgan fingerprint density at radius 3 is 2.65 bits per heavy atom. The fourth-order valence-electron chi connectivity index (χ4n) is 2.48. The highest BCUT2D eigenvalue weighted by Gasteiger charge is 2.24. The lowest BCUT2D eigenvalue weighted by Gasteiger charge is -2.17. The second-order valence-electron chi connectivity index (χ2n) is 5.17. The first-order chi connectivity index (χ1) is 11.0. The molecule has 0 aliphatic heterocycles. The van der Waals surface area contributed by atoms with Crippen LogP contribution in [0.25, 0.3) is 0 Å². The molecule has 1 atom stereocenters. The maximum Gasteiger partial charge on any atom is 0.352 e. The Kier molecular flexibility index (Phi) is 5.13. The zero-order chi connectivity index (χ0) is 17.0.